The fourth-order valence-corrected chi connectivity index (χ4v) is 1.94. The Labute approximate surface area is 88.9 Å². The SMILES string of the molecule is CCNCc1cc(Cl)ccc1SC. The Morgan fingerprint density at radius 1 is 1.46 bits per heavy atom. The van der Waals surface area contributed by atoms with Crippen LogP contribution in [-0.2, 0) is 6.54 Å². The van der Waals surface area contributed by atoms with Gasteiger partial charge in [0.25, 0.3) is 0 Å². The van der Waals surface area contributed by atoms with Gasteiger partial charge >= 0.3 is 0 Å². The molecular formula is C10H14ClNS. The van der Waals surface area contributed by atoms with E-state index in [0.29, 0.717) is 0 Å². The summed E-state index contributed by atoms with van der Waals surface area (Å²) in [6.07, 6.45) is 2.08. The second-order valence-corrected chi connectivity index (χ2v) is 4.02. The molecule has 72 valence electrons. The van der Waals surface area contributed by atoms with Crippen LogP contribution in [-0.4, -0.2) is 12.8 Å². The van der Waals surface area contributed by atoms with E-state index < -0.39 is 0 Å². The van der Waals surface area contributed by atoms with Gasteiger partial charge < -0.3 is 5.32 Å². The zero-order chi connectivity index (χ0) is 9.68. The van der Waals surface area contributed by atoms with Crippen LogP contribution < -0.4 is 5.32 Å². The van der Waals surface area contributed by atoms with Crippen LogP contribution in [0.3, 0.4) is 0 Å². The minimum Gasteiger partial charge on any atom is -0.313 e. The fraction of sp³-hybridized carbons (Fsp3) is 0.400. The summed E-state index contributed by atoms with van der Waals surface area (Å²) in [6, 6.07) is 6.03. The van der Waals surface area contributed by atoms with Gasteiger partial charge in [0, 0.05) is 16.5 Å². The van der Waals surface area contributed by atoms with Crippen molar-refractivity contribution >= 4 is 23.4 Å². The van der Waals surface area contributed by atoms with E-state index in [1.807, 2.05) is 12.1 Å². The van der Waals surface area contributed by atoms with Gasteiger partial charge in [0.05, 0.1) is 0 Å². The Kier molecular flexibility index (Phi) is 4.64. The molecule has 1 aromatic carbocycles. The molecule has 0 bridgehead atoms. The van der Waals surface area contributed by atoms with Crippen molar-refractivity contribution in [1.82, 2.24) is 5.32 Å². The van der Waals surface area contributed by atoms with E-state index in [1.165, 1.54) is 10.5 Å². The van der Waals surface area contributed by atoms with E-state index in [9.17, 15) is 0 Å². The Morgan fingerprint density at radius 2 is 2.23 bits per heavy atom. The summed E-state index contributed by atoms with van der Waals surface area (Å²) in [7, 11) is 0. The Balaban J connectivity index is 2.81. The van der Waals surface area contributed by atoms with Crippen LogP contribution in [0, 0.1) is 0 Å². The van der Waals surface area contributed by atoms with E-state index in [-0.39, 0.29) is 0 Å². The number of nitrogens with one attached hydrogen (secondary N) is 1. The zero-order valence-corrected chi connectivity index (χ0v) is 9.50. The predicted octanol–water partition coefficient (Wildman–Crippen LogP) is 3.17. The topological polar surface area (TPSA) is 12.0 Å². The van der Waals surface area contributed by atoms with Crippen molar-refractivity contribution in [1.29, 1.82) is 0 Å². The monoisotopic (exact) mass is 215 g/mol. The van der Waals surface area contributed by atoms with Crippen molar-refractivity contribution in [2.45, 2.75) is 18.4 Å². The van der Waals surface area contributed by atoms with Gasteiger partial charge in [-0.2, -0.15) is 0 Å². The standard InChI is InChI=1S/C10H14ClNS/c1-3-12-7-8-6-9(11)4-5-10(8)13-2/h4-6,12H,3,7H2,1-2H3. The molecule has 0 aliphatic rings. The largest absolute Gasteiger partial charge is 0.313 e. The van der Waals surface area contributed by atoms with Crippen LogP contribution in [0.1, 0.15) is 12.5 Å². The number of hydrogen-bond acceptors (Lipinski definition) is 2. The first-order valence-electron chi connectivity index (χ1n) is 4.31. The maximum absolute atomic E-state index is 5.92. The molecule has 0 radical (unpaired) electrons. The molecule has 0 spiro atoms. The highest BCUT2D eigenvalue weighted by Gasteiger charge is 2.01. The molecule has 0 amide bonds. The van der Waals surface area contributed by atoms with E-state index >= 15 is 0 Å². The molecular weight excluding hydrogens is 202 g/mol. The fourth-order valence-electron chi connectivity index (χ4n) is 1.14. The van der Waals surface area contributed by atoms with E-state index in [4.69, 9.17) is 11.6 Å². The second kappa shape index (κ2) is 5.53. The Morgan fingerprint density at radius 3 is 2.85 bits per heavy atom. The molecule has 0 saturated heterocycles. The molecule has 0 unspecified atom stereocenters. The van der Waals surface area contributed by atoms with E-state index in [1.54, 1.807) is 11.8 Å². The van der Waals surface area contributed by atoms with Crippen molar-refractivity contribution < 1.29 is 0 Å². The maximum atomic E-state index is 5.92. The van der Waals surface area contributed by atoms with Crippen LogP contribution >= 0.6 is 23.4 Å². The van der Waals surface area contributed by atoms with E-state index in [2.05, 4.69) is 24.6 Å². The van der Waals surface area contributed by atoms with Gasteiger partial charge in [-0.15, -0.1) is 11.8 Å². The third kappa shape index (κ3) is 3.22. The lowest BCUT2D eigenvalue weighted by Crippen LogP contribution is -2.12. The number of rotatable bonds is 4. The molecule has 1 aromatic rings. The number of thioether (sulfide) groups is 1. The van der Waals surface area contributed by atoms with Crippen molar-refractivity contribution in [2.75, 3.05) is 12.8 Å². The molecule has 0 saturated carbocycles. The van der Waals surface area contributed by atoms with Gasteiger partial charge in [-0.1, -0.05) is 18.5 Å². The summed E-state index contributed by atoms with van der Waals surface area (Å²) in [4.78, 5) is 1.30. The third-order valence-corrected chi connectivity index (χ3v) is 2.88. The van der Waals surface area contributed by atoms with Crippen molar-refractivity contribution in [3.8, 4) is 0 Å². The molecule has 1 nitrogen and oxygen atoms in total. The average molecular weight is 216 g/mol. The summed E-state index contributed by atoms with van der Waals surface area (Å²) in [5.41, 5.74) is 1.28. The smallest absolute Gasteiger partial charge is 0.0410 e. The molecule has 1 N–H and O–H groups in total. The lowest BCUT2D eigenvalue weighted by molar-refractivity contribution is 0.718. The highest BCUT2D eigenvalue weighted by Crippen LogP contribution is 2.23. The molecule has 0 heterocycles. The normalized spacial score (nSPS) is 10.4. The minimum atomic E-state index is 0.811. The summed E-state index contributed by atoms with van der Waals surface area (Å²) < 4.78 is 0. The highest BCUT2D eigenvalue weighted by atomic mass is 35.5. The highest BCUT2D eigenvalue weighted by molar-refractivity contribution is 7.98. The molecule has 0 aliphatic carbocycles. The van der Waals surface area contributed by atoms with Gasteiger partial charge in [0.15, 0.2) is 0 Å². The number of benzene rings is 1. The minimum absolute atomic E-state index is 0.811. The molecule has 0 aromatic heterocycles. The van der Waals surface area contributed by atoms with E-state index in [0.717, 1.165) is 18.1 Å². The lowest BCUT2D eigenvalue weighted by Gasteiger charge is -2.07. The van der Waals surface area contributed by atoms with Crippen LogP contribution in [0.25, 0.3) is 0 Å². The second-order valence-electron chi connectivity index (χ2n) is 2.74. The van der Waals surface area contributed by atoms with Crippen LogP contribution in [0.5, 0.6) is 0 Å². The molecule has 0 aliphatic heterocycles. The Hall–Kier alpha value is -0.180. The molecule has 1 rings (SSSR count). The van der Waals surface area contributed by atoms with Crippen LogP contribution in [0.2, 0.25) is 5.02 Å². The first-order chi connectivity index (χ1) is 6.27. The third-order valence-electron chi connectivity index (χ3n) is 1.81. The first kappa shape index (κ1) is 10.9. The maximum Gasteiger partial charge on any atom is 0.0410 e. The number of hydrogen-bond donors (Lipinski definition) is 1. The van der Waals surface area contributed by atoms with Crippen molar-refractivity contribution in [3.05, 3.63) is 28.8 Å². The molecule has 0 atom stereocenters. The Bertz CT molecular complexity index is 276. The van der Waals surface area contributed by atoms with Gasteiger partial charge in [-0.05, 0) is 36.6 Å². The average Bonchev–Trinajstić information content (AvgIpc) is 2.15. The summed E-state index contributed by atoms with van der Waals surface area (Å²) in [6.45, 7) is 3.98. The predicted molar refractivity (Wildman–Crippen MR) is 60.6 cm³/mol. The first-order valence-corrected chi connectivity index (χ1v) is 5.91. The van der Waals surface area contributed by atoms with Gasteiger partial charge in [0.2, 0.25) is 0 Å². The van der Waals surface area contributed by atoms with Gasteiger partial charge in [-0.25, -0.2) is 0 Å². The van der Waals surface area contributed by atoms with Crippen molar-refractivity contribution in [3.63, 3.8) is 0 Å². The van der Waals surface area contributed by atoms with Crippen molar-refractivity contribution in [2.24, 2.45) is 0 Å². The quantitative estimate of drug-likeness (QED) is 0.775. The summed E-state index contributed by atoms with van der Waals surface area (Å²) in [5, 5.41) is 4.11. The zero-order valence-electron chi connectivity index (χ0n) is 7.93. The summed E-state index contributed by atoms with van der Waals surface area (Å²) in [5.74, 6) is 0. The van der Waals surface area contributed by atoms with Crippen LogP contribution in [0.15, 0.2) is 23.1 Å². The molecule has 13 heavy (non-hydrogen) atoms. The lowest BCUT2D eigenvalue weighted by atomic mass is 10.2. The molecule has 3 heteroatoms. The van der Waals surface area contributed by atoms with Crippen LogP contribution in [0.4, 0.5) is 0 Å². The molecule has 0 fully saturated rings. The number of halogens is 1. The van der Waals surface area contributed by atoms with Gasteiger partial charge in [-0.3, -0.25) is 0 Å². The summed E-state index contributed by atoms with van der Waals surface area (Å²) >= 11 is 7.67. The van der Waals surface area contributed by atoms with Gasteiger partial charge in [0.1, 0.15) is 0 Å².